The van der Waals surface area contributed by atoms with Gasteiger partial charge in [-0.3, -0.25) is 4.68 Å². The van der Waals surface area contributed by atoms with Gasteiger partial charge in [0.2, 0.25) is 0 Å². The number of hydrogen-bond acceptors (Lipinski definition) is 4. The highest BCUT2D eigenvalue weighted by molar-refractivity contribution is 5.84. The number of carbonyl (C=O) groups is 1. The lowest BCUT2D eigenvalue weighted by Gasteiger charge is -2.10. The molecular weight excluding hydrogens is 208 g/mol. The van der Waals surface area contributed by atoms with Crippen LogP contribution >= 0.6 is 0 Å². The second-order valence-corrected chi connectivity index (χ2v) is 3.77. The van der Waals surface area contributed by atoms with Gasteiger partial charge >= 0.3 is 5.97 Å². The number of rotatable bonds is 5. The van der Waals surface area contributed by atoms with Crippen LogP contribution in [0, 0.1) is 0 Å². The Morgan fingerprint density at radius 1 is 1.56 bits per heavy atom. The Balaban J connectivity index is 1.74. The normalized spacial score (nSPS) is 15.8. The quantitative estimate of drug-likeness (QED) is 0.700. The Labute approximate surface area is 93.0 Å². The van der Waals surface area contributed by atoms with Crippen LogP contribution in [-0.2, 0) is 6.54 Å². The summed E-state index contributed by atoms with van der Waals surface area (Å²) in [6.45, 7) is 1.41. The molecule has 1 aromatic heterocycles. The average molecular weight is 222 g/mol. The van der Waals surface area contributed by atoms with E-state index in [9.17, 15) is 4.79 Å². The molecule has 1 heterocycles. The first kappa shape index (κ1) is 10.8. The van der Waals surface area contributed by atoms with Crippen molar-refractivity contribution in [3.05, 3.63) is 24.0 Å². The van der Waals surface area contributed by atoms with Crippen molar-refractivity contribution >= 4 is 5.97 Å². The highest BCUT2D eigenvalue weighted by atomic mass is 16.4. The Morgan fingerprint density at radius 3 is 2.94 bits per heavy atom. The molecular formula is C10H14N4O2. The van der Waals surface area contributed by atoms with E-state index in [1.54, 1.807) is 4.68 Å². The molecule has 6 heteroatoms. The number of carboxylic acids is 1. The molecule has 2 N–H and O–H groups in total. The largest absolute Gasteiger partial charge is 0.476 e. The fourth-order valence-corrected chi connectivity index (χ4v) is 1.67. The Hall–Kier alpha value is -1.69. The number of aromatic nitrogens is 3. The van der Waals surface area contributed by atoms with Gasteiger partial charge in [0.15, 0.2) is 5.69 Å². The van der Waals surface area contributed by atoms with Gasteiger partial charge in [0.05, 0.1) is 12.7 Å². The molecule has 1 aromatic rings. The second-order valence-electron chi connectivity index (χ2n) is 3.77. The van der Waals surface area contributed by atoms with Gasteiger partial charge < -0.3 is 10.4 Å². The molecule has 0 fully saturated rings. The molecule has 1 aliphatic carbocycles. The zero-order valence-corrected chi connectivity index (χ0v) is 8.83. The van der Waals surface area contributed by atoms with Crippen molar-refractivity contribution in [2.24, 2.45) is 0 Å². The smallest absolute Gasteiger partial charge is 0.358 e. The van der Waals surface area contributed by atoms with Crippen molar-refractivity contribution < 1.29 is 9.90 Å². The van der Waals surface area contributed by atoms with E-state index in [1.165, 1.54) is 6.20 Å². The van der Waals surface area contributed by atoms with Crippen LogP contribution in [0.2, 0.25) is 0 Å². The van der Waals surface area contributed by atoms with E-state index in [-0.39, 0.29) is 5.69 Å². The van der Waals surface area contributed by atoms with Crippen LogP contribution in [0.3, 0.4) is 0 Å². The predicted molar refractivity (Wildman–Crippen MR) is 57.1 cm³/mol. The lowest BCUT2D eigenvalue weighted by atomic mass is 10.2. The number of nitrogens with zero attached hydrogens (tertiary/aromatic N) is 3. The fraction of sp³-hybridized carbons (Fsp3) is 0.500. The third-order valence-electron chi connectivity index (χ3n) is 2.54. The summed E-state index contributed by atoms with van der Waals surface area (Å²) in [4.78, 5) is 10.6. The van der Waals surface area contributed by atoms with Crippen molar-refractivity contribution in [2.45, 2.75) is 25.4 Å². The van der Waals surface area contributed by atoms with Gasteiger partial charge in [-0.15, -0.1) is 5.10 Å². The molecule has 0 radical (unpaired) electrons. The second kappa shape index (κ2) is 4.89. The number of nitrogens with one attached hydrogen (secondary N) is 1. The molecule has 0 bridgehead atoms. The highest BCUT2D eigenvalue weighted by Gasteiger charge is 2.10. The molecule has 86 valence electrons. The molecule has 0 amide bonds. The van der Waals surface area contributed by atoms with E-state index in [1.807, 2.05) is 0 Å². The third kappa shape index (κ3) is 2.66. The molecule has 0 saturated heterocycles. The minimum absolute atomic E-state index is 0.0115. The molecule has 1 aliphatic rings. The first-order valence-electron chi connectivity index (χ1n) is 5.27. The van der Waals surface area contributed by atoms with E-state index in [2.05, 4.69) is 27.8 Å². The van der Waals surface area contributed by atoms with Gasteiger partial charge in [-0.25, -0.2) is 4.79 Å². The Bertz CT molecular complexity index is 391. The summed E-state index contributed by atoms with van der Waals surface area (Å²) < 4.78 is 1.54. The van der Waals surface area contributed by atoms with E-state index in [0.717, 1.165) is 19.4 Å². The van der Waals surface area contributed by atoms with E-state index < -0.39 is 5.97 Å². The van der Waals surface area contributed by atoms with Crippen LogP contribution in [-0.4, -0.2) is 38.7 Å². The molecule has 6 nitrogen and oxygen atoms in total. The Kier molecular flexibility index (Phi) is 3.31. The van der Waals surface area contributed by atoms with Gasteiger partial charge in [-0.1, -0.05) is 17.4 Å². The molecule has 0 unspecified atom stereocenters. The number of hydrogen-bond donors (Lipinski definition) is 2. The van der Waals surface area contributed by atoms with E-state index in [0.29, 0.717) is 12.6 Å². The van der Waals surface area contributed by atoms with Crippen molar-refractivity contribution in [2.75, 3.05) is 6.54 Å². The summed E-state index contributed by atoms with van der Waals surface area (Å²) >= 11 is 0. The number of carboxylic acid groups (broad SMARTS) is 1. The van der Waals surface area contributed by atoms with Gasteiger partial charge in [0.1, 0.15) is 0 Å². The molecule has 0 atom stereocenters. The molecule has 0 spiro atoms. The van der Waals surface area contributed by atoms with E-state index in [4.69, 9.17) is 5.11 Å². The maximum atomic E-state index is 10.6. The van der Waals surface area contributed by atoms with Crippen molar-refractivity contribution in [1.29, 1.82) is 0 Å². The number of aromatic carboxylic acids is 1. The maximum Gasteiger partial charge on any atom is 0.358 e. The fourth-order valence-electron chi connectivity index (χ4n) is 1.67. The molecule has 16 heavy (non-hydrogen) atoms. The molecule has 0 aliphatic heterocycles. The standard InChI is InChI=1S/C10H14N4O2/c15-10(16)9-7-14(13-12-9)6-5-11-8-3-1-2-4-8/h1-2,7-8,11H,3-6H2,(H,15,16). The van der Waals surface area contributed by atoms with Crippen LogP contribution < -0.4 is 5.32 Å². The maximum absolute atomic E-state index is 10.6. The average Bonchev–Trinajstić information content (AvgIpc) is 2.87. The zero-order valence-electron chi connectivity index (χ0n) is 8.83. The topological polar surface area (TPSA) is 80.0 Å². The summed E-state index contributed by atoms with van der Waals surface area (Å²) in [5.41, 5.74) is -0.0115. The van der Waals surface area contributed by atoms with Crippen molar-refractivity contribution in [1.82, 2.24) is 20.3 Å². The van der Waals surface area contributed by atoms with Gasteiger partial charge in [0, 0.05) is 12.6 Å². The zero-order chi connectivity index (χ0) is 11.4. The summed E-state index contributed by atoms with van der Waals surface area (Å²) in [6, 6.07) is 0.516. The molecule has 2 rings (SSSR count). The first-order chi connectivity index (χ1) is 7.75. The van der Waals surface area contributed by atoms with Gasteiger partial charge in [-0.05, 0) is 12.8 Å². The summed E-state index contributed by atoms with van der Waals surface area (Å²) in [6.07, 6.45) is 7.90. The van der Waals surface area contributed by atoms with Gasteiger partial charge in [-0.2, -0.15) is 0 Å². The minimum atomic E-state index is -1.04. The van der Waals surface area contributed by atoms with E-state index >= 15 is 0 Å². The van der Waals surface area contributed by atoms with Crippen LogP contribution in [0.1, 0.15) is 23.3 Å². The summed E-state index contributed by atoms with van der Waals surface area (Å²) in [5.74, 6) is -1.04. The first-order valence-corrected chi connectivity index (χ1v) is 5.27. The van der Waals surface area contributed by atoms with Crippen molar-refractivity contribution in [3.8, 4) is 0 Å². The summed E-state index contributed by atoms with van der Waals surface area (Å²) in [5, 5.41) is 19.3. The Morgan fingerprint density at radius 2 is 2.31 bits per heavy atom. The monoisotopic (exact) mass is 222 g/mol. The van der Waals surface area contributed by atoms with Crippen LogP contribution in [0.15, 0.2) is 18.3 Å². The highest BCUT2D eigenvalue weighted by Crippen LogP contribution is 2.08. The molecule has 0 saturated carbocycles. The lowest BCUT2D eigenvalue weighted by molar-refractivity contribution is 0.0690. The van der Waals surface area contributed by atoms with Crippen LogP contribution in [0.25, 0.3) is 0 Å². The minimum Gasteiger partial charge on any atom is -0.476 e. The predicted octanol–water partition coefficient (Wildman–Crippen LogP) is 0.284. The SMILES string of the molecule is O=C(O)c1cn(CCNC2CC=CC2)nn1. The van der Waals surface area contributed by atoms with Crippen molar-refractivity contribution in [3.63, 3.8) is 0 Å². The molecule has 0 aromatic carbocycles. The van der Waals surface area contributed by atoms with Crippen LogP contribution in [0.4, 0.5) is 0 Å². The van der Waals surface area contributed by atoms with Crippen LogP contribution in [0.5, 0.6) is 0 Å². The summed E-state index contributed by atoms with van der Waals surface area (Å²) in [7, 11) is 0. The lowest BCUT2D eigenvalue weighted by Crippen LogP contribution is -2.29. The third-order valence-corrected chi connectivity index (χ3v) is 2.54. The van der Waals surface area contributed by atoms with Gasteiger partial charge in [0.25, 0.3) is 0 Å².